The Kier molecular flexibility index (Phi) is 7.13. The van der Waals surface area contributed by atoms with E-state index in [0.717, 1.165) is 65.0 Å². The first kappa shape index (κ1) is 28.9. The molecule has 10 nitrogen and oxygen atoms in total. The van der Waals surface area contributed by atoms with Crippen LogP contribution >= 0.6 is 0 Å². The number of benzene rings is 1. The van der Waals surface area contributed by atoms with Crippen molar-refractivity contribution in [2.75, 3.05) is 42.9 Å². The molecule has 2 aromatic heterocycles. The molecule has 1 aromatic carbocycles. The Labute approximate surface area is 264 Å². The molecule has 8 rings (SSSR count). The number of amides is 1. The number of piperidine rings is 2. The number of pyridine rings is 1. The van der Waals surface area contributed by atoms with Crippen LogP contribution in [0.1, 0.15) is 83.2 Å². The van der Waals surface area contributed by atoms with Crippen LogP contribution in [0.5, 0.6) is 0 Å². The van der Waals surface area contributed by atoms with Gasteiger partial charge in [0.25, 0.3) is 0 Å². The highest BCUT2D eigenvalue weighted by atomic mass is 16.4. The average Bonchev–Trinajstić information content (AvgIpc) is 3.67. The molecule has 0 atom stereocenters. The van der Waals surface area contributed by atoms with Crippen molar-refractivity contribution in [3.05, 3.63) is 36.2 Å². The summed E-state index contributed by atoms with van der Waals surface area (Å²) in [5, 5.41) is 13.1. The van der Waals surface area contributed by atoms with Crippen LogP contribution in [0.15, 0.2) is 30.6 Å². The summed E-state index contributed by atoms with van der Waals surface area (Å²) in [4.78, 5) is 42.7. The van der Waals surface area contributed by atoms with E-state index in [2.05, 4.69) is 57.8 Å². The van der Waals surface area contributed by atoms with Gasteiger partial charge in [-0.3, -0.25) is 14.5 Å². The van der Waals surface area contributed by atoms with Crippen LogP contribution in [-0.2, 0) is 15.0 Å². The van der Waals surface area contributed by atoms with Crippen LogP contribution in [0, 0.1) is 0 Å². The normalized spacial score (nSPS) is 25.2. The minimum absolute atomic E-state index is 0.0257. The maximum absolute atomic E-state index is 14.6. The molecule has 2 saturated carbocycles. The standard InChI is InChI=1S/C35H45N7O3/c1-22(2)41-21-36-29-19-28(38-33(32(29)41)37-24-7-8-24)23-6-9-27-30(16-23)42(26-17-25(18-26)40-12-4-3-5-13-40)34(45)35(27)10-14-39(15-11-35)20-31(43)44/h6,9,16,19,21-22,24-26H,3-5,7-8,10-15,17-18,20H2,1-2H3,(H,37,38)(H,43,44)/t25-,26+. The summed E-state index contributed by atoms with van der Waals surface area (Å²) in [5.74, 6) is 0.281. The van der Waals surface area contributed by atoms with E-state index in [0.29, 0.717) is 38.0 Å². The van der Waals surface area contributed by atoms with Gasteiger partial charge in [0.1, 0.15) is 5.52 Å². The molecular weight excluding hydrogens is 566 g/mol. The van der Waals surface area contributed by atoms with E-state index in [-0.39, 0.29) is 24.5 Å². The molecule has 238 valence electrons. The lowest BCUT2D eigenvalue weighted by Gasteiger charge is -2.48. The minimum atomic E-state index is -0.813. The van der Waals surface area contributed by atoms with Crippen molar-refractivity contribution in [3.63, 3.8) is 0 Å². The summed E-state index contributed by atoms with van der Waals surface area (Å²) in [5.41, 5.74) is 5.38. The van der Waals surface area contributed by atoms with Crippen molar-refractivity contribution >= 4 is 34.4 Å². The third-order valence-corrected chi connectivity index (χ3v) is 11.2. The van der Waals surface area contributed by atoms with Gasteiger partial charge in [-0.15, -0.1) is 0 Å². The number of carboxylic acids is 1. The number of hydrogen-bond donors (Lipinski definition) is 2. The van der Waals surface area contributed by atoms with Crippen molar-refractivity contribution < 1.29 is 14.7 Å². The van der Waals surface area contributed by atoms with Gasteiger partial charge in [0.05, 0.1) is 29.5 Å². The number of carbonyl (C=O) groups excluding carboxylic acids is 1. The highest BCUT2D eigenvalue weighted by molar-refractivity contribution is 6.09. The fraction of sp³-hybridized carbons (Fsp3) is 0.600. The molecule has 2 N–H and O–H groups in total. The zero-order valence-corrected chi connectivity index (χ0v) is 26.5. The number of imidazole rings is 1. The van der Waals surface area contributed by atoms with E-state index in [1.54, 1.807) is 0 Å². The predicted octanol–water partition coefficient (Wildman–Crippen LogP) is 5.04. The Hall–Kier alpha value is -3.50. The number of nitrogens with zero attached hydrogens (tertiary/aromatic N) is 6. The maximum atomic E-state index is 14.6. The molecule has 5 aliphatic rings. The second-order valence-electron chi connectivity index (χ2n) is 14.4. The number of carbonyl (C=O) groups is 2. The molecule has 5 heterocycles. The number of likely N-dealkylation sites (tertiary alicyclic amines) is 2. The summed E-state index contributed by atoms with van der Waals surface area (Å²) in [7, 11) is 0. The van der Waals surface area contributed by atoms with Gasteiger partial charge in [-0.25, -0.2) is 9.97 Å². The topological polar surface area (TPSA) is 107 Å². The van der Waals surface area contributed by atoms with E-state index in [1.807, 2.05) is 11.2 Å². The molecule has 45 heavy (non-hydrogen) atoms. The lowest BCUT2D eigenvalue weighted by molar-refractivity contribution is -0.138. The largest absolute Gasteiger partial charge is 0.480 e. The third kappa shape index (κ3) is 5.01. The van der Waals surface area contributed by atoms with Gasteiger partial charge in [-0.05, 0) is 96.0 Å². The van der Waals surface area contributed by atoms with Crippen molar-refractivity contribution in [2.45, 2.75) is 101 Å². The fourth-order valence-corrected chi connectivity index (χ4v) is 8.35. The predicted molar refractivity (Wildman–Crippen MR) is 175 cm³/mol. The number of nitrogens with one attached hydrogen (secondary N) is 1. The zero-order valence-electron chi connectivity index (χ0n) is 26.5. The molecular formula is C35H45N7O3. The molecule has 1 spiro atoms. The van der Waals surface area contributed by atoms with E-state index < -0.39 is 11.4 Å². The first-order valence-corrected chi connectivity index (χ1v) is 17.1. The van der Waals surface area contributed by atoms with Crippen molar-refractivity contribution in [2.24, 2.45) is 0 Å². The molecule has 2 aliphatic carbocycles. The second-order valence-corrected chi connectivity index (χ2v) is 14.4. The van der Waals surface area contributed by atoms with Crippen LogP contribution in [-0.4, -0.2) is 92.2 Å². The van der Waals surface area contributed by atoms with E-state index >= 15 is 0 Å². The first-order chi connectivity index (χ1) is 21.8. The van der Waals surface area contributed by atoms with Gasteiger partial charge >= 0.3 is 5.97 Å². The minimum Gasteiger partial charge on any atom is -0.480 e. The number of rotatable bonds is 8. The van der Waals surface area contributed by atoms with Crippen LogP contribution in [0.4, 0.5) is 11.5 Å². The quantitative estimate of drug-likeness (QED) is 0.365. The van der Waals surface area contributed by atoms with Crippen LogP contribution in [0.25, 0.3) is 22.3 Å². The SMILES string of the molecule is CC(C)n1cnc2cc(-c3ccc4c(c3)N([C@H]3C[C@@H](N5CCCCC5)C3)C(=O)C43CCN(CC(=O)O)CC3)nc(NC3CC3)c21. The van der Waals surface area contributed by atoms with Crippen molar-refractivity contribution in [3.8, 4) is 11.3 Å². The Morgan fingerprint density at radius 1 is 1.04 bits per heavy atom. The number of fused-ring (bicyclic) bond motifs is 3. The van der Waals surface area contributed by atoms with E-state index in [1.165, 1.54) is 32.4 Å². The van der Waals surface area contributed by atoms with Gasteiger partial charge in [-0.2, -0.15) is 0 Å². The van der Waals surface area contributed by atoms with Gasteiger partial charge in [0.2, 0.25) is 5.91 Å². The molecule has 0 bridgehead atoms. The molecule has 3 aliphatic heterocycles. The summed E-state index contributed by atoms with van der Waals surface area (Å²) in [6.45, 7) is 7.93. The van der Waals surface area contributed by atoms with Crippen molar-refractivity contribution in [1.82, 2.24) is 24.3 Å². The zero-order chi connectivity index (χ0) is 30.9. The van der Waals surface area contributed by atoms with Crippen LogP contribution in [0.2, 0.25) is 0 Å². The Morgan fingerprint density at radius 3 is 2.49 bits per heavy atom. The fourth-order valence-electron chi connectivity index (χ4n) is 8.35. The molecule has 1 amide bonds. The number of anilines is 2. The average molecular weight is 612 g/mol. The number of carboxylic acid groups (broad SMARTS) is 1. The summed E-state index contributed by atoms with van der Waals surface area (Å²) in [6, 6.07) is 10.1. The lowest BCUT2D eigenvalue weighted by Crippen LogP contribution is -2.58. The number of aromatic nitrogens is 3. The van der Waals surface area contributed by atoms with E-state index in [4.69, 9.17) is 9.97 Å². The van der Waals surface area contributed by atoms with Gasteiger partial charge < -0.3 is 24.8 Å². The Balaban J connectivity index is 1.16. The monoisotopic (exact) mass is 611 g/mol. The van der Waals surface area contributed by atoms with Gasteiger partial charge in [-0.1, -0.05) is 18.6 Å². The second kappa shape index (κ2) is 11.1. The molecule has 0 radical (unpaired) electrons. The number of hydrogen-bond acceptors (Lipinski definition) is 7. The maximum Gasteiger partial charge on any atom is 0.317 e. The number of aliphatic carboxylic acids is 1. The molecule has 4 fully saturated rings. The molecule has 2 saturated heterocycles. The molecule has 10 heteroatoms. The highest BCUT2D eigenvalue weighted by Crippen LogP contribution is 2.52. The smallest absolute Gasteiger partial charge is 0.317 e. The Morgan fingerprint density at radius 2 is 1.80 bits per heavy atom. The van der Waals surface area contributed by atoms with Gasteiger partial charge in [0, 0.05) is 48.5 Å². The Bertz CT molecular complexity index is 1630. The van der Waals surface area contributed by atoms with Crippen molar-refractivity contribution in [1.29, 1.82) is 0 Å². The van der Waals surface area contributed by atoms with Gasteiger partial charge in [0.15, 0.2) is 5.82 Å². The third-order valence-electron chi connectivity index (χ3n) is 11.2. The highest BCUT2D eigenvalue weighted by Gasteiger charge is 2.55. The molecule has 0 unspecified atom stereocenters. The summed E-state index contributed by atoms with van der Waals surface area (Å²) < 4.78 is 2.19. The lowest BCUT2D eigenvalue weighted by atomic mass is 9.73. The first-order valence-electron chi connectivity index (χ1n) is 17.1. The molecule has 3 aromatic rings. The van der Waals surface area contributed by atoms with E-state index in [9.17, 15) is 14.7 Å². The summed E-state index contributed by atoms with van der Waals surface area (Å²) >= 11 is 0. The van der Waals surface area contributed by atoms with Crippen LogP contribution < -0.4 is 10.2 Å². The summed E-state index contributed by atoms with van der Waals surface area (Å²) in [6.07, 6.45) is 11.4. The van der Waals surface area contributed by atoms with Crippen LogP contribution in [0.3, 0.4) is 0 Å².